The molecule has 134 valence electrons. The van der Waals surface area contributed by atoms with Gasteiger partial charge in [0, 0.05) is 19.4 Å². The van der Waals surface area contributed by atoms with Gasteiger partial charge in [0.25, 0.3) is 11.8 Å². The van der Waals surface area contributed by atoms with Gasteiger partial charge < -0.3 is 25.0 Å². The number of carbonyl (C=O) groups is 1. The summed E-state index contributed by atoms with van der Waals surface area (Å²) >= 11 is 0. The Morgan fingerprint density at radius 1 is 1.20 bits per heavy atom. The number of amides is 1. The Morgan fingerprint density at radius 2 is 1.92 bits per heavy atom. The monoisotopic (exact) mass is 348 g/mol. The number of hydrogen-bond donors (Lipinski definition) is 3. The fraction of sp³-hybridized carbons (Fsp3) is 0.375. The zero-order chi connectivity index (χ0) is 18.2. The first-order valence-electron chi connectivity index (χ1n) is 7.79. The number of nitrogens with zero attached hydrogens (tertiary/aromatic N) is 3. The highest BCUT2D eigenvalue weighted by atomic mass is 16.7. The van der Waals surface area contributed by atoms with E-state index in [0.29, 0.717) is 18.9 Å². The standard InChI is InChI=1S/C16H20N4O5/c1-3-24-11(25-4-2)9-18-15(22)12-13(21)16(23)20-14(19-12)10-7-5-6-8-17-10/h5-8,11,21H,3-4,9H2,1-2H3,(H,18,22)(H,19,20,23). The minimum absolute atomic E-state index is 0.0206. The number of hydrogen-bond acceptors (Lipinski definition) is 8. The normalized spacial score (nSPS) is 10.8. The molecule has 0 saturated heterocycles. The van der Waals surface area contributed by atoms with Crippen LogP contribution in [0.25, 0.3) is 11.5 Å². The lowest BCUT2D eigenvalue weighted by molar-refractivity contribution is -0.131. The molecular formula is C16H20N4O5. The highest BCUT2D eigenvalue weighted by Gasteiger charge is 2.21. The molecule has 0 unspecified atom stereocenters. The molecule has 0 aromatic carbocycles. The SMILES string of the molecule is CCOC(CNC(=O)c1nc(-c2ccccn2)nc(O)c1O)OCC. The van der Waals surface area contributed by atoms with Crippen molar-refractivity contribution in [2.45, 2.75) is 20.1 Å². The minimum atomic E-state index is -0.707. The maximum atomic E-state index is 12.3. The highest BCUT2D eigenvalue weighted by Crippen LogP contribution is 2.27. The van der Waals surface area contributed by atoms with Crippen molar-refractivity contribution in [3.05, 3.63) is 30.1 Å². The molecule has 2 aromatic heterocycles. The van der Waals surface area contributed by atoms with Crippen LogP contribution in [0.15, 0.2) is 24.4 Å². The molecule has 1 amide bonds. The minimum Gasteiger partial charge on any atom is -0.501 e. The molecule has 9 nitrogen and oxygen atoms in total. The number of nitrogens with one attached hydrogen (secondary N) is 1. The topological polar surface area (TPSA) is 127 Å². The molecule has 9 heteroatoms. The van der Waals surface area contributed by atoms with Crippen LogP contribution in [-0.2, 0) is 9.47 Å². The van der Waals surface area contributed by atoms with Crippen molar-refractivity contribution in [1.82, 2.24) is 20.3 Å². The Morgan fingerprint density at radius 3 is 2.52 bits per heavy atom. The summed E-state index contributed by atoms with van der Waals surface area (Å²) in [5.41, 5.74) is -0.00624. The van der Waals surface area contributed by atoms with E-state index in [1.54, 1.807) is 32.0 Å². The maximum Gasteiger partial charge on any atom is 0.274 e. The summed E-state index contributed by atoms with van der Waals surface area (Å²) in [5.74, 6) is -2.09. The lowest BCUT2D eigenvalue weighted by Crippen LogP contribution is -2.35. The van der Waals surface area contributed by atoms with Crippen LogP contribution in [-0.4, -0.2) is 57.1 Å². The Balaban J connectivity index is 2.20. The van der Waals surface area contributed by atoms with Crippen molar-refractivity contribution >= 4 is 5.91 Å². The fourth-order valence-electron chi connectivity index (χ4n) is 2.01. The van der Waals surface area contributed by atoms with Crippen molar-refractivity contribution in [3.8, 4) is 23.1 Å². The van der Waals surface area contributed by atoms with Gasteiger partial charge in [-0.05, 0) is 26.0 Å². The van der Waals surface area contributed by atoms with Gasteiger partial charge in [-0.3, -0.25) is 9.78 Å². The van der Waals surface area contributed by atoms with Gasteiger partial charge in [0.15, 0.2) is 17.8 Å². The van der Waals surface area contributed by atoms with E-state index in [2.05, 4.69) is 20.3 Å². The molecular weight excluding hydrogens is 328 g/mol. The fourth-order valence-corrected chi connectivity index (χ4v) is 2.01. The van der Waals surface area contributed by atoms with Crippen LogP contribution in [0.4, 0.5) is 0 Å². The number of rotatable bonds is 8. The van der Waals surface area contributed by atoms with Gasteiger partial charge in [-0.1, -0.05) is 6.07 Å². The Hall–Kier alpha value is -2.78. The molecule has 0 saturated carbocycles. The van der Waals surface area contributed by atoms with E-state index in [0.717, 1.165) is 0 Å². The van der Waals surface area contributed by atoms with Crippen LogP contribution in [0.3, 0.4) is 0 Å². The molecule has 0 bridgehead atoms. The Bertz CT molecular complexity index is 705. The quantitative estimate of drug-likeness (QED) is 0.605. The van der Waals surface area contributed by atoms with Gasteiger partial charge in [-0.2, -0.15) is 4.98 Å². The predicted molar refractivity (Wildman–Crippen MR) is 88.0 cm³/mol. The van der Waals surface area contributed by atoms with Crippen LogP contribution < -0.4 is 5.32 Å². The molecule has 0 aliphatic rings. The third-order valence-corrected chi connectivity index (χ3v) is 3.11. The molecule has 0 aliphatic carbocycles. The average molecular weight is 348 g/mol. The van der Waals surface area contributed by atoms with Crippen molar-refractivity contribution in [2.24, 2.45) is 0 Å². The van der Waals surface area contributed by atoms with Gasteiger partial charge in [0.05, 0.1) is 6.54 Å². The molecule has 2 heterocycles. The second kappa shape index (κ2) is 8.90. The summed E-state index contributed by atoms with van der Waals surface area (Å²) in [6, 6.07) is 5.04. The zero-order valence-corrected chi connectivity index (χ0v) is 14.0. The molecule has 2 aromatic rings. The van der Waals surface area contributed by atoms with E-state index < -0.39 is 23.8 Å². The van der Waals surface area contributed by atoms with Crippen molar-refractivity contribution in [2.75, 3.05) is 19.8 Å². The van der Waals surface area contributed by atoms with Gasteiger partial charge >= 0.3 is 0 Å². The Kier molecular flexibility index (Phi) is 6.61. The molecule has 0 fully saturated rings. The number of carbonyl (C=O) groups excluding carboxylic acids is 1. The van der Waals surface area contributed by atoms with E-state index in [1.807, 2.05) is 0 Å². The van der Waals surface area contributed by atoms with Gasteiger partial charge in [0.2, 0.25) is 5.75 Å². The summed E-state index contributed by atoms with van der Waals surface area (Å²) in [6.45, 7) is 4.51. The number of aromatic hydroxyl groups is 2. The summed E-state index contributed by atoms with van der Waals surface area (Å²) in [4.78, 5) is 24.1. The molecule has 25 heavy (non-hydrogen) atoms. The first-order valence-corrected chi connectivity index (χ1v) is 7.79. The van der Waals surface area contributed by atoms with Gasteiger partial charge in [-0.15, -0.1) is 0 Å². The van der Waals surface area contributed by atoms with Crippen molar-refractivity contribution < 1.29 is 24.5 Å². The summed E-state index contributed by atoms with van der Waals surface area (Å²) in [7, 11) is 0. The number of ether oxygens (including phenoxy) is 2. The van der Waals surface area contributed by atoms with E-state index in [4.69, 9.17) is 9.47 Å². The summed E-state index contributed by atoms with van der Waals surface area (Å²) < 4.78 is 10.6. The highest BCUT2D eigenvalue weighted by molar-refractivity contribution is 5.95. The van der Waals surface area contributed by atoms with Gasteiger partial charge in [0.1, 0.15) is 5.69 Å². The predicted octanol–water partition coefficient (Wildman–Crippen LogP) is 1.08. The zero-order valence-electron chi connectivity index (χ0n) is 14.0. The van der Waals surface area contributed by atoms with Gasteiger partial charge in [-0.25, -0.2) is 4.98 Å². The third kappa shape index (κ3) is 4.85. The van der Waals surface area contributed by atoms with E-state index >= 15 is 0 Å². The molecule has 2 rings (SSSR count). The average Bonchev–Trinajstić information content (AvgIpc) is 2.62. The van der Waals surface area contributed by atoms with Crippen LogP contribution in [0, 0.1) is 0 Å². The van der Waals surface area contributed by atoms with Crippen LogP contribution >= 0.6 is 0 Å². The first kappa shape index (κ1) is 18.6. The molecule has 0 atom stereocenters. The van der Waals surface area contributed by atoms with E-state index in [-0.39, 0.29) is 18.1 Å². The van der Waals surface area contributed by atoms with Crippen LogP contribution in [0.2, 0.25) is 0 Å². The number of pyridine rings is 1. The molecule has 0 radical (unpaired) electrons. The van der Waals surface area contributed by atoms with Crippen molar-refractivity contribution in [1.29, 1.82) is 0 Å². The second-order valence-electron chi connectivity index (χ2n) is 4.83. The van der Waals surface area contributed by atoms with E-state index in [1.165, 1.54) is 6.20 Å². The third-order valence-electron chi connectivity index (χ3n) is 3.11. The Labute approximate surface area is 144 Å². The van der Waals surface area contributed by atoms with Crippen molar-refractivity contribution in [3.63, 3.8) is 0 Å². The smallest absolute Gasteiger partial charge is 0.274 e. The molecule has 0 spiro atoms. The van der Waals surface area contributed by atoms with Crippen LogP contribution in [0.1, 0.15) is 24.3 Å². The second-order valence-corrected chi connectivity index (χ2v) is 4.83. The molecule has 3 N–H and O–H groups in total. The molecule has 0 aliphatic heterocycles. The number of aromatic nitrogens is 3. The maximum absolute atomic E-state index is 12.3. The lowest BCUT2D eigenvalue weighted by Gasteiger charge is -2.17. The lowest BCUT2D eigenvalue weighted by atomic mass is 10.3. The largest absolute Gasteiger partial charge is 0.501 e. The van der Waals surface area contributed by atoms with E-state index in [9.17, 15) is 15.0 Å². The summed E-state index contributed by atoms with van der Waals surface area (Å²) in [5, 5.41) is 22.2. The summed E-state index contributed by atoms with van der Waals surface area (Å²) in [6.07, 6.45) is 0.906. The van der Waals surface area contributed by atoms with Crippen LogP contribution in [0.5, 0.6) is 11.6 Å². The first-order chi connectivity index (χ1) is 12.1.